The molecule has 3 aromatic rings. The first-order valence-electron chi connectivity index (χ1n) is 10.6. The zero-order valence-corrected chi connectivity index (χ0v) is 18.5. The van der Waals surface area contributed by atoms with Gasteiger partial charge in [0, 0.05) is 12.3 Å². The van der Waals surface area contributed by atoms with Gasteiger partial charge in [-0.25, -0.2) is 9.69 Å². The average Bonchev–Trinajstić information content (AvgIpc) is 3.46. The molecule has 1 aromatic heterocycles. The van der Waals surface area contributed by atoms with E-state index in [2.05, 4.69) is 10.2 Å². The molecule has 1 atom stereocenters. The molecule has 0 bridgehead atoms. The van der Waals surface area contributed by atoms with Gasteiger partial charge in [0.05, 0.1) is 24.6 Å². The van der Waals surface area contributed by atoms with E-state index < -0.39 is 0 Å². The molecule has 5 rings (SSSR count). The summed E-state index contributed by atoms with van der Waals surface area (Å²) in [6.45, 7) is 0. The zero-order valence-electron chi connectivity index (χ0n) is 17.7. The molecule has 1 saturated carbocycles. The van der Waals surface area contributed by atoms with E-state index in [4.69, 9.17) is 15.7 Å². The fourth-order valence-electron chi connectivity index (χ4n) is 3.83. The Hall–Kier alpha value is -3.33. The van der Waals surface area contributed by atoms with Crippen LogP contribution in [0.1, 0.15) is 48.2 Å². The standard InChI is InChI=1S/C23H24N6O2S/c1-31-18-11-9-16(10-12-18)20-13-19(15-5-3-2-4-6-15)27-29(20)21(30)14-32-23-26-25-22(28(23)24)17-7-8-17/h2-6,9-12,17,20H,7-8,13-14,24H2,1H3. The number of thioether (sulfide) groups is 1. The van der Waals surface area contributed by atoms with Crippen LogP contribution < -0.4 is 10.6 Å². The van der Waals surface area contributed by atoms with E-state index in [1.165, 1.54) is 16.4 Å². The minimum Gasteiger partial charge on any atom is -0.497 e. The van der Waals surface area contributed by atoms with Crippen LogP contribution >= 0.6 is 11.8 Å². The van der Waals surface area contributed by atoms with E-state index in [0.717, 1.165) is 41.3 Å². The van der Waals surface area contributed by atoms with Crippen LogP contribution in [0.4, 0.5) is 0 Å². The first-order valence-corrected chi connectivity index (χ1v) is 11.5. The van der Waals surface area contributed by atoms with Gasteiger partial charge < -0.3 is 10.6 Å². The topological polar surface area (TPSA) is 98.6 Å². The summed E-state index contributed by atoms with van der Waals surface area (Å²) in [5, 5.41) is 15.2. The summed E-state index contributed by atoms with van der Waals surface area (Å²) in [5.74, 6) is 8.18. The lowest BCUT2D eigenvalue weighted by Gasteiger charge is -2.22. The number of nitrogens with zero attached hydrogens (tertiary/aromatic N) is 5. The van der Waals surface area contributed by atoms with Crippen molar-refractivity contribution in [2.24, 2.45) is 5.10 Å². The molecule has 32 heavy (non-hydrogen) atoms. The maximum Gasteiger partial charge on any atom is 0.253 e. The lowest BCUT2D eigenvalue weighted by atomic mass is 9.98. The van der Waals surface area contributed by atoms with Crippen molar-refractivity contribution in [3.63, 3.8) is 0 Å². The highest BCUT2D eigenvalue weighted by Crippen LogP contribution is 2.39. The molecule has 1 fully saturated rings. The minimum atomic E-state index is -0.179. The number of ether oxygens (including phenoxy) is 1. The number of hydrazone groups is 1. The number of amides is 1. The van der Waals surface area contributed by atoms with Gasteiger partial charge in [0.1, 0.15) is 5.75 Å². The number of aromatic nitrogens is 3. The molecule has 0 radical (unpaired) electrons. The molecule has 2 N–H and O–H groups in total. The summed E-state index contributed by atoms with van der Waals surface area (Å²) < 4.78 is 6.79. The van der Waals surface area contributed by atoms with Crippen molar-refractivity contribution in [1.29, 1.82) is 0 Å². The second-order valence-corrected chi connectivity index (χ2v) is 8.86. The van der Waals surface area contributed by atoms with Crippen LogP contribution in [0.5, 0.6) is 5.75 Å². The van der Waals surface area contributed by atoms with Crippen LogP contribution in [0.2, 0.25) is 0 Å². The number of methoxy groups -OCH3 is 1. The van der Waals surface area contributed by atoms with E-state index >= 15 is 0 Å². The number of carbonyl (C=O) groups excluding carboxylic acids is 1. The van der Waals surface area contributed by atoms with Gasteiger partial charge in [0.2, 0.25) is 5.16 Å². The second-order valence-electron chi connectivity index (χ2n) is 7.92. The molecular weight excluding hydrogens is 424 g/mol. The summed E-state index contributed by atoms with van der Waals surface area (Å²) >= 11 is 1.29. The van der Waals surface area contributed by atoms with Crippen LogP contribution in [0, 0.1) is 0 Å². The highest BCUT2D eigenvalue weighted by Gasteiger charge is 2.34. The third kappa shape index (κ3) is 4.08. The number of rotatable bonds is 7. The molecule has 9 heteroatoms. The smallest absolute Gasteiger partial charge is 0.253 e. The zero-order chi connectivity index (χ0) is 22.1. The number of hydrogen-bond donors (Lipinski definition) is 1. The Bertz CT molecular complexity index is 1140. The summed E-state index contributed by atoms with van der Waals surface area (Å²) in [5.41, 5.74) is 2.92. The van der Waals surface area contributed by atoms with Crippen molar-refractivity contribution < 1.29 is 9.53 Å². The molecule has 1 aliphatic heterocycles. The van der Waals surface area contributed by atoms with Gasteiger partial charge in [-0.05, 0) is 36.1 Å². The minimum absolute atomic E-state index is 0.0993. The molecule has 0 spiro atoms. The normalized spacial score (nSPS) is 18.0. The number of hydrogen-bond acceptors (Lipinski definition) is 7. The maximum atomic E-state index is 13.2. The van der Waals surface area contributed by atoms with Gasteiger partial charge in [0.15, 0.2) is 5.82 Å². The van der Waals surface area contributed by atoms with Crippen molar-refractivity contribution in [2.75, 3.05) is 18.7 Å². The Labute approximate surface area is 190 Å². The first-order chi connectivity index (χ1) is 15.6. The Morgan fingerprint density at radius 2 is 1.88 bits per heavy atom. The van der Waals surface area contributed by atoms with E-state index in [-0.39, 0.29) is 17.7 Å². The average molecular weight is 449 g/mol. The van der Waals surface area contributed by atoms with Crippen molar-refractivity contribution >= 4 is 23.4 Å². The van der Waals surface area contributed by atoms with Crippen molar-refractivity contribution in [2.45, 2.75) is 36.4 Å². The number of carbonyl (C=O) groups is 1. The van der Waals surface area contributed by atoms with Gasteiger partial charge in [0.25, 0.3) is 5.91 Å². The van der Waals surface area contributed by atoms with Crippen molar-refractivity contribution in [3.8, 4) is 5.75 Å². The third-order valence-electron chi connectivity index (χ3n) is 5.73. The Morgan fingerprint density at radius 1 is 1.12 bits per heavy atom. The Balaban J connectivity index is 1.36. The quantitative estimate of drug-likeness (QED) is 0.440. The highest BCUT2D eigenvalue weighted by molar-refractivity contribution is 7.99. The van der Waals surface area contributed by atoms with Gasteiger partial charge in [-0.2, -0.15) is 5.10 Å². The van der Waals surface area contributed by atoms with Gasteiger partial charge in [-0.15, -0.1) is 10.2 Å². The van der Waals surface area contributed by atoms with E-state index in [1.807, 2.05) is 54.6 Å². The maximum absolute atomic E-state index is 13.2. The van der Waals surface area contributed by atoms with Gasteiger partial charge in [-0.1, -0.05) is 54.2 Å². The van der Waals surface area contributed by atoms with Crippen molar-refractivity contribution in [1.82, 2.24) is 19.9 Å². The van der Waals surface area contributed by atoms with Crippen LogP contribution in [-0.2, 0) is 4.79 Å². The number of nitrogen functional groups attached to an aromatic ring is 1. The molecule has 2 aromatic carbocycles. The predicted octanol–water partition coefficient (Wildman–Crippen LogP) is 3.35. The van der Waals surface area contributed by atoms with Crippen LogP contribution in [-0.4, -0.2) is 44.4 Å². The SMILES string of the molecule is COc1ccc(C2CC(c3ccccc3)=NN2C(=O)CSc2nnc(C3CC3)n2N)cc1. The van der Waals surface area contributed by atoms with Crippen LogP contribution in [0.15, 0.2) is 64.9 Å². The molecular formula is C23H24N6O2S. The van der Waals surface area contributed by atoms with E-state index in [9.17, 15) is 4.79 Å². The molecule has 0 saturated heterocycles. The lowest BCUT2D eigenvalue weighted by Crippen LogP contribution is -2.28. The monoisotopic (exact) mass is 448 g/mol. The fraction of sp³-hybridized carbons (Fsp3) is 0.304. The van der Waals surface area contributed by atoms with E-state index in [0.29, 0.717) is 17.5 Å². The third-order valence-corrected chi connectivity index (χ3v) is 6.66. The predicted molar refractivity (Wildman–Crippen MR) is 123 cm³/mol. The van der Waals surface area contributed by atoms with Gasteiger partial charge in [-0.3, -0.25) is 4.79 Å². The van der Waals surface area contributed by atoms with Gasteiger partial charge >= 0.3 is 0 Å². The van der Waals surface area contributed by atoms with Crippen LogP contribution in [0.3, 0.4) is 0 Å². The number of benzene rings is 2. The molecule has 1 unspecified atom stereocenters. The molecule has 8 nitrogen and oxygen atoms in total. The Kier molecular flexibility index (Phi) is 5.57. The highest BCUT2D eigenvalue weighted by atomic mass is 32.2. The molecule has 1 aliphatic carbocycles. The summed E-state index contributed by atoms with van der Waals surface area (Å²) in [6, 6.07) is 17.6. The molecule has 1 amide bonds. The second kappa shape index (κ2) is 8.66. The molecule has 2 heterocycles. The van der Waals surface area contributed by atoms with Crippen molar-refractivity contribution in [3.05, 3.63) is 71.5 Å². The largest absolute Gasteiger partial charge is 0.497 e. The molecule has 2 aliphatic rings. The number of nitrogens with two attached hydrogens (primary N) is 1. The first kappa shape index (κ1) is 20.6. The summed E-state index contributed by atoms with van der Waals surface area (Å²) in [4.78, 5) is 13.2. The lowest BCUT2D eigenvalue weighted by molar-refractivity contribution is -0.130. The summed E-state index contributed by atoms with van der Waals surface area (Å²) in [7, 11) is 1.64. The summed E-state index contributed by atoms with van der Waals surface area (Å²) in [6.07, 6.45) is 2.83. The fourth-order valence-corrected chi connectivity index (χ4v) is 4.55. The van der Waals surface area contributed by atoms with E-state index in [1.54, 1.807) is 12.1 Å². The van der Waals surface area contributed by atoms with Crippen LogP contribution in [0.25, 0.3) is 0 Å². The Morgan fingerprint density at radius 3 is 2.56 bits per heavy atom. The molecule has 164 valence electrons.